The van der Waals surface area contributed by atoms with Crippen molar-refractivity contribution in [1.29, 1.82) is 0 Å². The Morgan fingerprint density at radius 1 is 1.06 bits per heavy atom. The predicted molar refractivity (Wildman–Crippen MR) is 58.7 cm³/mol. The number of halogens is 2. The van der Waals surface area contributed by atoms with Gasteiger partial charge in [0, 0.05) is 0 Å². The van der Waals surface area contributed by atoms with Gasteiger partial charge >= 0.3 is 94.4 Å². The van der Waals surface area contributed by atoms with E-state index in [-0.39, 0.29) is 34.0 Å². The molecule has 0 N–H and O–H groups in total. The predicted octanol–water partition coefficient (Wildman–Crippen LogP) is -2.10. The summed E-state index contributed by atoms with van der Waals surface area (Å²) in [6, 6.07) is 0. The van der Waals surface area contributed by atoms with Gasteiger partial charge in [-0.2, -0.15) is 0 Å². The molecule has 0 amide bonds. The fourth-order valence-corrected chi connectivity index (χ4v) is 8.22. The maximum absolute atomic E-state index is 3.90. The molecule has 0 atom stereocenters. The summed E-state index contributed by atoms with van der Waals surface area (Å²) in [7, 11) is 0. The second kappa shape index (κ2) is 8.61. The first-order valence-corrected chi connectivity index (χ1v) is 9.30. The van der Waals surface area contributed by atoms with Crippen LogP contribution in [0.25, 0.3) is 0 Å². The van der Waals surface area contributed by atoms with Gasteiger partial charge in [0.1, 0.15) is 0 Å². The Balaban J connectivity index is 0.00000112. The molecule has 16 heavy (non-hydrogen) atoms. The zero-order valence-corrected chi connectivity index (χ0v) is 14.8. The Kier molecular flexibility index (Phi) is 8.90. The minimum Gasteiger partial charge on any atom is -1.00 e. The van der Waals surface area contributed by atoms with E-state index in [9.17, 15) is 0 Å². The van der Waals surface area contributed by atoms with Crippen molar-refractivity contribution in [2.75, 3.05) is 0 Å². The zero-order chi connectivity index (χ0) is 9.80. The van der Waals surface area contributed by atoms with E-state index < -0.39 is 21.8 Å². The van der Waals surface area contributed by atoms with E-state index >= 15 is 0 Å². The van der Waals surface area contributed by atoms with Crippen molar-refractivity contribution in [3.8, 4) is 0 Å². The monoisotopic (exact) mass is 419 g/mol. The van der Waals surface area contributed by atoms with Crippen molar-refractivity contribution >= 4 is 0 Å². The second-order valence-corrected chi connectivity index (χ2v) is 10.1. The molecule has 85 valence electrons. The SMILES string of the molecule is C=C[CH2][Zr+2]([C]1=CC=CC1)[C]1=CC=CC1.[Br-].[Br-]. The van der Waals surface area contributed by atoms with Gasteiger partial charge in [-0.05, 0) is 0 Å². The third-order valence-electron chi connectivity index (χ3n) is 2.67. The minimum absolute atomic E-state index is 0. The molecule has 0 spiro atoms. The van der Waals surface area contributed by atoms with Gasteiger partial charge in [0.25, 0.3) is 0 Å². The standard InChI is InChI=1S/2C5H5.C3H5.2BrH.Zr/c2*1-2-4-5-3-1;1-3-2;;;/h2*1-3H,4H2;3H,1-2H2;2*1H;/q;;;;;+2/p-2. The maximum Gasteiger partial charge on any atom is -1.00 e. The van der Waals surface area contributed by atoms with Crippen molar-refractivity contribution in [3.05, 3.63) is 55.7 Å². The molecule has 0 heterocycles. The van der Waals surface area contributed by atoms with Crippen molar-refractivity contribution in [2.24, 2.45) is 0 Å². The van der Waals surface area contributed by atoms with Gasteiger partial charge in [0.2, 0.25) is 0 Å². The Morgan fingerprint density at radius 3 is 1.88 bits per heavy atom. The summed E-state index contributed by atoms with van der Waals surface area (Å²) in [5, 5.41) is 0. The average Bonchev–Trinajstić information content (AvgIpc) is 2.87. The molecule has 2 rings (SSSR count). The summed E-state index contributed by atoms with van der Waals surface area (Å²) in [4.78, 5) is 0. The molecule has 0 nitrogen and oxygen atoms in total. The van der Waals surface area contributed by atoms with E-state index in [0.29, 0.717) is 0 Å². The Labute approximate surface area is 127 Å². The van der Waals surface area contributed by atoms with Gasteiger partial charge in [-0.25, -0.2) is 0 Å². The molecule has 0 saturated heterocycles. The number of hydrogen-bond donors (Lipinski definition) is 0. The van der Waals surface area contributed by atoms with Crippen LogP contribution in [0.5, 0.6) is 0 Å². The van der Waals surface area contributed by atoms with Crippen molar-refractivity contribution in [2.45, 2.75) is 17.0 Å². The molecule has 2 aliphatic rings. The molecular weight excluding hydrogens is 407 g/mol. The molecule has 0 saturated carbocycles. The topological polar surface area (TPSA) is 0 Å². The molecule has 0 radical (unpaired) electrons. The number of rotatable bonds is 4. The van der Waals surface area contributed by atoms with Gasteiger partial charge < -0.3 is 34.0 Å². The van der Waals surface area contributed by atoms with Gasteiger partial charge in [0.15, 0.2) is 0 Å². The normalized spacial score (nSPS) is 16.0. The molecule has 2 aliphatic carbocycles. The number of allylic oxidation sites excluding steroid dienone is 9. The van der Waals surface area contributed by atoms with Crippen LogP contribution in [0, 0.1) is 0 Å². The maximum atomic E-state index is 3.90. The molecule has 0 aromatic rings. The summed E-state index contributed by atoms with van der Waals surface area (Å²) >= 11 is -1.46. The Hall–Kier alpha value is 0.543. The molecule has 0 fully saturated rings. The van der Waals surface area contributed by atoms with Crippen LogP contribution in [0.3, 0.4) is 0 Å². The van der Waals surface area contributed by atoms with E-state index in [1.165, 1.54) is 17.0 Å². The van der Waals surface area contributed by atoms with Crippen molar-refractivity contribution < 1.29 is 55.7 Å². The zero-order valence-electron chi connectivity index (χ0n) is 9.13. The van der Waals surface area contributed by atoms with Gasteiger partial charge in [0.05, 0.1) is 0 Å². The van der Waals surface area contributed by atoms with E-state index in [2.05, 4.69) is 49.1 Å². The van der Waals surface area contributed by atoms with E-state index in [0.717, 1.165) is 0 Å². The van der Waals surface area contributed by atoms with Crippen LogP contribution in [0.15, 0.2) is 55.7 Å². The molecule has 3 heteroatoms. The summed E-state index contributed by atoms with van der Waals surface area (Å²) in [6.07, 6.45) is 18.2. The molecule has 0 bridgehead atoms. The minimum atomic E-state index is -1.46. The van der Waals surface area contributed by atoms with Crippen molar-refractivity contribution in [1.82, 2.24) is 0 Å². The quantitative estimate of drug-likeness (QED) is 0.456. The van der Waals surface area contributed by atoms with Crippen LogP contribution in [0.2, 0.25) is 4.13 Å². The molecule has 0 aromatic carbocycles. The Bertz CT molecular complexity index is 321. The summed E-state index contributed by atoms with van der Waals surface area (Å²) in [5.41, 5.74) is 0. The van der Waals surface area contributed by atoms with Crippen LogP contribution in [0.1, 0.15) is 12.8 Å². The fraction of sp³-hybridized carbons (Fsp3) is 0.231. The van der Waals surface area contributed by atoms with Gasteiger partial charge in [-0.1, -0.05) is 0 Å². The number of hydrogen-bond acceptors (Lipinski definition) is 0. The van der Waals surface area contributed by atoms with Crippen LogP contribution in [-0.4, -0.2) is 0 Å². The van der Waals surface area contributed by atoms with Crippen molar-refractivity contribution in [3.63, 3.8) is 0 Å². The molecule has 0 aromatic heterocycles. The van der Waals surface area contributed by atoms with Gasteiger partial charge in [-0.15, -0.1) is 0 Å². The third kappa shape index (κ3) is 4.09. The molecule has 0 aliphatic heterocycles. The first-order valence-electron chi connectivity index (χ1n) is 5.10. The first-order chi connectivity index (χ1) is 6.92. The second-order valence-electron chi connectivity index (χ2n) is 3.62. The van der Waals surface area contributed by atoms with E-state index in [1.54, 1.807) is 6.56 Å². The molecular formula is C13H15Br2Zr. The van der Waals surface area contributed by atoms with E-state index in [4.69, 9.17) is 0 Å². The summed E-state index contributed by atoms with van der Waals surface area (Å²) in [5.74, 6) is 0. The average molecular weight is 422 g/mol. The third-order valence-corrected chi connectivity index (χ3v) is 10.0. The smallest absolute Gasteiger partial charge is 1.00 e. The van der Waals surface area contributed by atoms with Crippen LogP contribution in [0.4, 0.5) is 0 Å². The van der Waals surface area contributed by atoms with Crippen LogP contribution < -0.4 is 34.0 Å². The van der Waals surface area contributed by atoms with Crippen LogP contribution in [-0.2, 0) is 21.8 Å². The van der Waals surface area contributed by atoms with Crippen LogP contribution >= 0.6 is 0 Å². The largest absolute Gasteiger partial charge is 1.00 e. The summed E-state index contributed by atoms with van der Waals surface area (Å²) in [6.45, 7) is 3.90. The van der Waals surface area contributed by atoms with Gasteiger partial charge in [-0.3, -0.25) is 0 Å². The Morgan fingerprint density at radius 2 is 1.56 bits per heavy atom. The first kappa shape index (κ1) is 16.5. The van der Waals surface area contributed by atoms with E-state index in [1.807, 2.05) is 0 Å². The molecule has 0 unspecified atom stereocenters. The summed E-state index contributed by atoms with van der Waals surface area (Å²) < 4.78 is 4.74. The fourth-order valence-electron chi connectivity index (χ4n) is 1.95.